The summed E-state index contributed by atoms with van der Waals surface area (Å²) >= 11 is 4.88. The quantitative estimate of drug-likeness (QED) is 0.311. The number of benzene rings is 1. The van der Waals surface area contributed by atoms with E-state index in [0.717, 1.165) is 5.56 Å². The van der Waals surface area contributed by atoms with Crippen LogP contribution < -0.4 is 15.4 Å². The molecule has 0 aliphatic rings. The topological polar surface area (TPSA) is 62.8 Å². The summed E-state index contributed by atoms with van der Waals surface area (Å²) in [4.78, 5) is 4.02. The molecule has 1 aromatic rings. The van der Waals surface area contributed by atoms with Gasteiger partial charge in [0.15, 0.2) is 11.8 Å². The molecule has 16 heavy (non-hydrogen) atoms. The molecule has 0 bridgehead atoms. The van der Waals surface area contributed by atoms with Crippen molar-refractivity contribution in [2.45, 2.75) is 6.61 Å². The summed E-state index contributed by atoms with van der Waals surface area (Å²) in [5.41, 5.74) is 0.869. The molecule has 0 spiro atoms. The average Bonchev–Trinajstić information content (AvgIpc) is 2.31. The lowest BCUT2D eigenvalue weighted by atomic mass is 10.2. The van der Waals surface area contributed by atoms with Crippen molar-refractivity contribution in [1.82, 2.24) is 10.6 Å². The van der Waals surface area contributed by atoms with Crippen LogP contribution in [-0.4, -0.2) is 24.1 Å². The van der Waals surface area contributed by atoms with Gasteiger partial charge in [0.2, 0.25) is 0 Å². The van der Waals surface area contributed by atoms with Crippen LogP contribution in [0.25, 0.3) is 0 Å². The molecule has 0 aliphatic carbocycles. The van der Waals surface area contributed by atoms with E-state index in [0.29, 0.717) is 17.6 Å². The molecule has 5 nitrogen and oxygen atoms in total. The van der Waals surface area contributed by atoms with E-state index in [2.05, 4.69) is 15.5 Å². The molecule has 0 fully saturated rings. The van der Waals surface area contributed by atoms with Gasteiger partial charge in [0.25, 0.3) is 0 Å². The molecule has 0 aliphatic heterocycles. The Morgan fingerprint density at radius 2 is 2.06 bits per heavy atom. The lowest BCUT2D eigenvalue weighted by Gasteiger charge is -2.09. The molecule has 0 aromatic heterocycles. The van der Waals surface area contributed by atoms with Gasteiger partial charge in [-0.2, -0.15) is 0 Å². The predicted molar refractivity (Wildman–Crippen MR) is 64.1 cm³/mol. The number of ether oxygens (including phenoxy) is 1. The third-order valence-corrected chi connectivity index (χ3v) is 2.20. The number of rotatable bonds is 5. The molecule has 1 rings (SSSR count). The molecule has 0 unspecified atom stereocenters. The second-order valence-corrected chi connectivity index (χ2v) is 3.37. The van der Waals surface area contributed by atoms with E-state index in [-0.39, 0.29) is 6.61 Å². The van der Waals surface area contributed by atoms with Crippen molar-refractivity contribution >= 4 is 17.3 Å². The first-order valence-corrected chi connectivity index (χ1v) is 5.10. The SMILES string of the molecule is CNC(=S)NCOc1ccc(COO)cc1. The minimum Gasteiger partial charge on any atom is -0.473 e. The van der Waals surface area contributed by atoms with E-state index in [1.54, 1.807) is 19.2 Å². The normalized spacial score (nSPS) is 9.62. The summed E-state index contributed by atoms with van der Waals surface area (Å²) in [5, 5.41) is 14.4. The predicted octanol–water partition coefficient (Wildman–Crippen LogP) is 1.11. The summed E-state index contributed by atoms with van der Waals surface area (Å²) in [5.74, 6) is 0.716. The highest BCUT2D eigenvalue weighted by Crippen LogP contribution is 2.12. The van der Waals surface area contributed by atoms with E-state index in [1.807, 2.05) is 12.1 Å². The Bertz CT molecular complexity index is 329. The Morgan fingerprint density at radius 3 is 2.62 bits per heavy atom. The fourth-order valence-electron chi connectivity index (χ4n) is 1.03. The van der Waals surface area contributed by atoms with Crippen molar-refractivity contribution in [3.63, 3.8) is 0 Å². The van der Waals surface area contributed by atoms with Crippen LogP contribution >= 0.6 is 12.2 Å². The van der Waals surface area contributed by atoms with E-state index in [9.17, 15) is 0 Å². The summed E-state index contributed by atoms with van der Waals surface area (Å²) in [6.07, 6.45) is 0. The summed E-state index contributed by atoms with van der Waals surface area (Å²) in [6, 6.07) is 7.20. The fourth-order valence-corrected chi connectivity index (χ4v) is 1.09. The van der Waals surface area contributed by atoms with Crippen molar-refractivity contribution in [2.75, 3.05) is 13.8 Å². The minimum atomic E-state index is 0.169. The van der Waals surface area contributed by atoms with Gasteiger partial charge in [0.05, 0.1) is 0 Å². The average molecular weight is 242 g/mol. The zero-order chi connectivity index (χ0) is 11.8. The van der Waals surface area contributed by atoms with E-state index >= 15 is 0 Å². The maximum absolute atomic E-state index is 8.26. The molecule has 0 atom stereocenters. The van der Waals surface area contributed by atoms with Gasteiger partial charge in [-0.1, -0.05) is 12.1 Å². The Morgan fingerprint density at radius 1 is 1.38 bits per heavy atom. The first-order chi connectivity index (χ1) is 7.76. The largest absolute Gasteiger partial charge is 0.473 e. The minimum absolute atomic E-state index is 0.169. The van der Waals surface area contributed by atoms with Gasteiger partial charge in [0, 0.05) is 7.05 Å². The molecular formula is C10H14N2O3S. The lowest BCUT2D eigenvalue weighted by Crippen LogP contribution is -2.35. The molecular weight excluding hydrogens is 228 g/mol. The van der Waals surface area contributed by atoms with E-state index in [4.69, 9.17) is 22.2 Å². The van der Waals surface area contributed by atoms with Gasteiger partial charge in [-0.05, 0) is 29.9 Å². The Kier molecular flexibility index (Phi) is 5.55. The number of thiocarbonyl (C=S) groups is 1. The van der Waals surface area contributed by atoms with Crippen molar-refractivity contribution in [3.8, 4) is 5.75 Å². The van der Waals surface area contributed by atoms with Crippen LogP contribution in [0, 0.1) is 0 Å². The second-order valence-electron chi connectivity index (χ2n) is 2.96. The first-order valence-electron chi connectivity index (χ1n) is 4.70. The molecule has 0 heterocycles. The van der Waals surface area contributed by atoms with Crippen molar-refractivity contribution < 1.29 is 14.9 Å². The van der Waals surface area contributed by atoms with Crippen molar-refractivity contribution in [2.24, 2.45) is 0 Å². The molecule has 1 aromatic carbocycles. The van der Waals surface area contributed by atoms with E-state index in [1.165, 1.54) is 0 Å². The van der Waals surface area contributed by atoms with Gasteiger partial charge >= 0.3 is 0 Å². The maximum Gasteiger partial charge on any atom is 0.168 e. The van der Waals surface area contributed by atoms with Crippen molar-refractivity contribution in [1.29, 1.82) is 0 Å². The monoisotopic (exact) mass is 242 g/mol. The third-order valence-electron chi connectivity index (χ3n) is 1.85. The smallest absolute Gasteiger partial charge is 0.168 e. The fraction of sp³-hybridized carbons (Fsp3) is 0.300. The van der Waals surface area contributed by atoms with Crippen LogP contribution in [0.2, 0.25) is 0 Å². The Balaban J connectivity index is 2.34. The van der Waals surface area contributed by atoms with Crippen LogP contribution in [0.1, 0.15) is 5.56 Å². The molecule has 3 N–H and O–H groups in total. The van der Waals surface area contributed by atoms with Gasteiger partial charge < -0.3 is 15.4 Å². The molecule has 0 saturated carbocycles. The Labute approximate surface area is 99.3 Å². The number of hydrogen-bond donors (Lipinski definition) is 3. The van der Waals surface area contributed by atoms with Gasteiger partial charge in [-0.3, -0.25) is 5.26 Å². The molecule has 88 valence electrons. The maximum atomic E-state index is 8.26. The summed E-state index contributed by atoms with van der Waals surface area (Å²) in [6.45, 7) is 0.470. The van der Waals surface area contributed by atoms with Gasteiger partial charge in [0.1, 0.15) is 12.4 Å². The molecule has 0 amide bonds. The zero-order valence-electron chi connectivity index (χ0n) is 8.90. The highest BCUT2D eigenvalue weighted by atomic mass is 32.1. The number of nitrogens with one attached hydrogen (secondary N) is 2. The standard InChI is InChI=1S/C10H14N2O3S/c1-11-10(16)12-7-14-9-4-2-8(3-5-9)6-15-13/h2-5,13H,6-7H2,1H3,(H2,11,12,16). The highest BCUT2D eigenvalue weighted by Gasteiger charge is 1.96. The lowest BCUT2D eigenvalue weighted by molar-refractivity contribution is -0.253. The van der Waals surface area contributed by atoms with Gasteiger partial charge in [-0.15, -0.1) is 0 Å². The first kappa shape index (κ1) is 12.7. The van der Waals surface area contributed by atoms with Crippen LogP contribution in [0.15, 0.2) is 24.3 Å². The van der Waals surface area contributed by atoms with E-state index < -0.39 is 0 Å². The molecule has 0 radical (unpaired) electrons. The van der Waals surface area contributed by atoms with Crippen LogP contribution in [-0.2, 0) is 11.5 Å². The number of hydrogen-bond acceptors (Lipinski definition) is 4. The summed E-state index contributed by atoms with van der Waals surface area (Å²) < 4.78 is 5.37. The highest BCUT2D eigenvalue weighted by molar-refractivity contribution is 7.80. The van der Waals surface area contributed by atoms with Crippen LogP contribution in [0.5, 0.6) is 5.75 Å². The van der Waals surface area contributed by atoms with Crippen LogP contribution in [0.3, 0.4) is 0 Å². The zero-order valence-corrected chi connectivity index (χ0v) is 9.71. The molecule has 0 saturated heterocycles. The third kappa shape index (κ3) is 4.43. The van der Waals surface area contributed by atoms with Crippen LogP contribution in [0.4, 0.5) is 0 Å². The van der Waals surface area contributed by atoms with Gasteiger partial charge in [-0.25, -0.2) is 4.89 Å². The Hall–Kier alpha value is -1.37. The van der Waals surface area contributed by atoms with Crippen molar-refractivity contribution in [3.05, 3.63) is 29.8 Å². The second kappa shape index (κ2) is 7.00. The molecule has 6 heteroatoms. The summed E-state index contributed by atoms with van der Waals surface area (Å²) in [7, 11) is 1.74.